The van der Waals surface area contributed by atoms with Crippen molar-refractivity contribution in [3.63, 3.8) is 0 Å². The van der Waals surface area contributed by atoms with E-state index in [-0.39, 0.29) is 5.54 Å². The fraction of sp³-hybridized carbons (Fsp3) is 0.714. The van der Waals surface area contributed by atoms with Crippen molar-refractivity contribution in [2.45, 2.75) is 32.2 Å². The Balaban J connectivity index is 2.66. The molecule has 1 aliphatic carbocycles. The van der Waals surface area contributed by atoms with E-state index >= 15 is 0 Å². The second-order valence-electron chi connectivity index (χ2n) is 3.21. The lowest BCUT2D eigenvalue weighted by Crippen LogP contribution is -2.33. The molecule has 0 aromatic heterocycles. The maximum Gasteiger partial charge on any atom is 0.0338 e. The van der Waals surface area contributed by atoms with Gasteiger partial charge in [0.15, 0.2) is 0 Å². The zero-order chi connectivity index (χ0) is 7.78. The van der Waals surface area contributed by atoms with Gasteiger partial charge in [-0.1, -0.05) is 30.0 Å². The minimum Gasteiger partial charge on any atom is -0.260 e. The molecule has 0 saturated heterocycles. The van der Waals surface area contributed by atoms with Gasteiger partial charge in [0, 0.05) is 17.0 Å². The summed E-state index contributed by atoms with van der Waals surface area (Å²) >= 11 is 9.98. The molecule has 0 bridgehead atoms. The molecule has 1 unspecified atom stereocenters. The summed E-state index contributed by atoms with van der Waals surface area (Å²) in [4.78, 5) is 0. The number of halogens is 1. The van der Waals surface area contributed by atoms with Crippen molar-refractivity contribution in [1.82, 2.24) is 4.72 Å². The van der Waals surface area contributed by atoms with Crippen LogP contribution in [0.15, 0.2) is 10.6 Å². The maximum absolute atomic E-state index is 5.93. The molecule has 1 rings (SSSR count). The van der Waals surface area contributed by atoms with Crippen molar-refractivity contribution >= 4 is 24.4 Å². The second-order valence-corrected chi connectivity index (χ2v) is 3.89. The first kappa shape index (κ1) is 8.44. The molecule has 0 aromatic rings. The molecule has 0 amide bonds. The summed E-state index contributed by atoms with van der Waals surface area (Å²) < 4.78 is 2.97. The van der Waals surface area contributed by atoms with Crippen LogP contribution in [-0.4, -0.2) is 5.54 Å². The summed E-state index contributed by atoms with van der Waals surface area (Å²) in [5.41, 5.74) is 1.37. The molecule has 0 fully saturated rings. The monoisotopic (exact) mass is 177 g/mol. The van der Waals surface area contributed by atoms with E-state index in [0.29, 0.717) is 0 Å². The van der Waals surface area contributed by atoms with Gasteiger partial charge in [-0.05, 0) is 20.3 Å². The summed E-state index contributed by atoms with van der Waals surface area (Å²) in [6.07, 6.45) is 1.92. The fourth-order valence-electron chi connectivity index (χ4n) is 1.32. The summed E-state index contributed by atoms with van der Waals surface area (Å²) in [5, 5.41) is 0.990. The Hall–Kier alpha value is 0.340. The van der Waals surface area contributed by atoms with Gasteiger partial charge in [-0.3, -0.25) is 4.72 Å². The molecule has 0 radical (unpaired) electrons. The number of thiol groups is 1. The van der Waals surface area contributed by atoms with E-state index in [9.17, 15) is 0 Å². The maximum atomic E-state index is 5.93. The molecular formula is C7H12ClNS. The van der Waals surface area contributed by atoms with Crippen molar-refractivity contribution in [3.05, 3.63) is 10.6 Å². The predicted octanol–water partition coefficient (Wildman–Crippen LogP) is 2.49. The molecule has 0 aliphatic heterocycles. The van der Waals surface area contributed by atoms with Crippen LogP contribution >= 0.6 is 24.4 Å². The summed E-state index contributed by atoms with van der Waals surface area (Å²) in [6.45, 7) is 4.19. The van der Waals surface area contributed by atoms with Gasteiger partial charge < -0.3 is 0 Å². The highest BCUT2D eigenvalue weighted by atomic mass is 35.5. The van der Waals surface area contributed by atoms with Crippen molar-refractivity contribution in [2.75, 3.05) is 0 Å². The molecule has 1 aliphatic rings. The molecule has 3 heteroatoms. The van der Waals surface area contributed by atoms with Crippen LogP contribution < -0.4 is 4.72 Å². The predicted molar refractivity (Wildman–Crippen MR) is 48.3 cm³/mol. The van der Waals surface area contributed by atoms with Crippen LogP contribution in [0.4, 0.5) is 0 Å². The third-order valence-corrected chi connectivity index (χ3v) is 2.93. The van der Waals surface area contributed by atoms with Crippen molar-refractivity contribution < 1.29 is 0 Å². The van der Waals surface area contributed by atoms with Gasteiger partial charge in [0.1, 0.15) is 0 Å². The lowest BCUT2D eigenvalue weighted by Gasteiger charge is -2.21. The van der Waals surface area contributed by atoms with Gasteiger partial charge >= 0.3 is 0 Å². The first-order valence-corrected chi connectivity index (χ1v) is 4.15. The Morgan fingerprint density at radius 2 is 2.20 bits per heavy atom. The van der Waals surface area contributed by atoms with Crippen LogP contribution in [0.25, 0.3) is 0 Å². The van der Waals surface area contributed by atoms with Gasteiger partial charge in [-0.2, -0.15) is 0 Å². The Bertz CT molecular complexity index is 162. The molecule has 0 saturated carbocycles. The largest absolute Gasteiger partial charge is 0.260 e. The van der Waals surface area contributed by atoms with Crippen LogP contribution in [0.3, 0.4) is 0 Å². The van der Waals surface area contributed by atoms with Crippen LogP contribution in [0.5, 0.6) is 0 Å². The molecule has 1 atom stereocenters. The lowest BCUT2D eigenvalue weighted by atomic mass is 10.0. The summed E-state index contributed by atoms with van der Waals surface area (Å²) in [5.74, 6) is 0. The smallest absolute Gasteiger partial charge is 0.0338 e. The topological polar surface area (TPSA) is 12.0 Å². The zero-order valence-corrected chi connectivity index (χ0v) is 7.89. The highest BCUT2D eigenvalue weighted by Crippen LogP contribution is 2.36. The van der Waals surface area contributed by atoms with E-state index in [4.69, 9.17) is 11.6 Å². The number of hydrogen-bond donors (Lipinski definition) is 2. The van der Waals surface area contributed by atoms with Gasteiger partial charge in [0.05, 0.1) is 0 Å². The molecule has 58 valence electrons. The SMILES string of the molecule is CC1=C(Cl)CC(C)(NS)C1. The fourth-order valence-corrected chi connectivity index (χ4v) is 1.84. The highest BCUT2D eigenvalue weighted by Gasteiger charge is 2.30. The van der Waals surface area contributed by atoms with Crippen molar-refractivity contribution in [3.8, 4) is 0 Å². The molecule has 1 N–H and O–H groups in total. The Labute approximate surface area is 72.4 Å². The van der Waals surface area contributed by atoms with E-state index in [2.05, 4.69) is 31.4 Å². The summed E-state index contributed by atoms with van der Waals surface area (Å²) in [6, 6.07) is 0. The standard InChI is InChI=1S/C7H12ClNS/c1-5-3-7(2,9-10)4-6(5)8/h9-10H,3-4H2,1-2H3. The average molecular weight is 178 g/mol. The van der Waals surface area contributed by atoms with Crippen LogP contribution in [0.1, 0.15) is 26.7 Å². The van der Waals surface area contributed by atoms with Crippen LogP contribution in [-0.2, 0) is 0 Å². The van der Waals surface area contributed by atoms with Gasteiger partial charge in [0.2, 0.25) is 0 Å². The first-order chi connectivity index (χ1) is 4.57. The average Bonchev–Trinajstić information content (AvgIpc) is 2.10. The number of nitrogens with one attached hydrogen (secondary N) is 1. The van der Waals surface area contributed by atoms with E-state index in [1.165, 1.54) is 5.57 Å². The van der Waals surface area contributed by atoms with E-state index in [1.54, 1.807) is 0 Å². The van der Waals surface area contributed by atoms with E-state index in [0.717, 1.165) is 17.9 Å². The molecule has 0 spiro atoms. The zero-order valence-electron chi connectivity index (χ0n) is 6.24. The van der Waals surface area contributed by atoms with Gasteiger partial charge in [-0.25, -0.2) is 0 Å². The molecule has 10 heavy (non-hydrogen) atoms. The lowest BCUT2D eigenvalue weighted by molar-refractivity contribution is 0.463. The molecule has 1 nitrogen and oxygen atoms in total. The minimum atomic E-state index is 0.0876. The third-order valence-electron chi connectivity index (χ3n) is 1.93. The van der Waals surface area contributed by atoms with Gasteiger partial charge in [0.25, 0.3) is 0 Å². The highest BCUT2D eigenvalue weighted by molar-refractivity contribution is 7.78. The Kier molecular flexibility index (Phi) is 2.33. The van der Waals surface area contributed by atoms with E-state index < -0.39 is 0 Å². The van der Waals surface area contributed by atoms with Crippen LogP contribution in [0, 0.1) is 0 Å². The Morgan fingerprint density at radius 1 is 1.60 bits per heavy atom. The van der Waals surface area contributed by atoms with E-state index in [1.807, 2.05) is 0 Å². The quantitative estimate of drug-likeness (QED) is 0.587. The molecular weight excluding hydrogens is 166 g/mol. The minimum absolute atomic E-state index is 0.0876. The summed E-state index contributed by atoms with van der Waals surface area (Å²) in [7, 11) is 0. The normalized spacial score (nSPS) is 33.6. The van der Waals surface area contributed by atoms with Crippen molar-refractivity contribution in [2.24, 2.45) is 0 Å². The third kappa shape index (κ3) is 1.49. The second kappa shape index (κ2) is 2.76. The first-order valence-electron chi connectivity index (χ1n) is 3.33. The van der Waals surface area contributed by atoms with Crippen LogP contribution in [0.2, 0.25) is 0 Å². The Morgan fingerprint density at radius 3 is 2.40 bits per heavy atom. The van der Waals surface area contributed by atoms with Gasteiger partial charge in [-0.15, -0.1) is 0 Å². The number of hydrogen-bond acceptors (Lipinski definition) is 2. The number of rotatable bonds is 1. The van der Waals surface area contributed by atoms with Crippen molar-refractivity contribution in [1.29, 1.82) is 0 Å². The molecule has 0 heterocycles. The molecule has 0 aromatic carbocycles.